The molecule has 0 radical (unpaired) electrons. The fraction of sp³-hybridized carbons (Fsp3) is 0.562. The van der Waals surface area contributed by atoms with Gasteiger partial charge in [0.05, 0.1) is 0 Å². The smallest absolute Gasteiger partial charge is 0.323 e. The molecule has 0 saturated carbocycles. The van der Waals surface area contributed by atoms with Crippen LogP contribution in [0.4, 0.5) is 0 Å². The second-order valence-electron chi connectivity index (χ2n) is 5.76. The van der Waals surface area contributed by atoms with Gasteiger partial charge in [-0.05, 0) is 57.9 Å². The van der Waals surface area contributed by atoms with Gasteiger partial charge in [0.2, 0.25) is 0 Å². The van der Waals surface area contributed by atoms with Gasteiger partial charge >= 0.3 is 5.97 Å². The summed E-state index contributed by atoms with van der Waals surface area (Å²) in [5.41, 5.74) is 4.11. The quantitative estimate of drug-likeness (QED) is 0.886. The molecule has 0 unspecified atom stereocenters. The number of aryl methyl sites for hydroxylation is 3. The molecule has 3 heteroatoms. The number of likely N-dealkylation sites (N-methyl/N-ethyl adjacent to an activating group) is 1. The van der Waals surface area contributed by atoms with E-state index >= 15 is 0 Å². The average molecular weight is 263 g/mol. The first-order valence-corrected chi connectivity index (χ1v) is 6.75. The fourth-order valence-electron chi connectivity index (χ4n) is 2.49. The molecule has 1 N–H and O–H groups in total. The van der Waals surface area contributed by atoms with Crippen LogP contribution in [-0.2, 0) is 11.3 Å². The highest BCUT2D eigenvalue weighted by Gasteiger charge is 2.33. The lowest BCUT2D eigenvalue weighted by molar-refractivity contribution is -0.149. The molecule has 1 aromatic rings. The van der Waals surface area contributed by atoms with E-state index in [1.54, 1.807) is 13.8 Å². The molecule has 3 nitrogen and oxygen atoms in total. The van der Waals surface area contributed by atoms with E-state index in [1.165, 1.54) is 22.3 Å². The van der Waals surface area contributed by atoms with Crippen LogP contribution in [0.1, 0.15) is 43.0 Å². The minimum Gasteiger partial charge on any atom is -0.480 e. The molecule has 0 heterocycles. The van der Waals surface area contributed by atoms with E-state index in [9.17, 15) is 9.90 Å². The van der Waals surface area contributed by atoms with Gasteiger partial charge in [-0.15, -0.1) is 0 Å². The SMILES string of the molecule is CCN(Cc1c(C)cc(C)cc1C)C(C)(C)C(=O)O. The van der Waals surface area contributed by atoms with Gasteiger partial charge in [-0.25, -0.2) is 0 Å². The lowest BCUT2D eigenvalue weighted by atomic mass is 9.96. The lowest BCUT2D eigenvalue weighted by Crippen LogP contribution is -2.49. The van der Waals surface area contributed by atoms with Crippen molar-refractivity contribution in [1.29, 1.82) is 0 Å². The molecular weight excluding hydrogens is 238 g/mol. The van der Waals surface area contributed by atoms with Gasteiger partial charge in [0.25, 0.3) is 0 Å². The van der Waals surface area contributed by atoms with E-state index < -0.39 is 11.5 Å². The van der Waals surface area contributed by atoms with E-state index in [2.05, 4.69) is 32.9 Å². The molecule has 0 aliphatic rings. The molecule has 0 spiro atoms. The second-order valence-corrected chi connectivity index (χ2v) is 5.76. The first kappa shape index (κ1) is 15.7. The summed E-state index contributed by atoms with van der Waals surface area (Å²) in [6.07, 6.45) is 0. The molecule has 0 aliphatic heterocycles. The summed E-state index contributed by atoms with van der Waals surface area (Å²) < 4.78 is 0. The third-order valence-corrected chi connectivity index (χ3v) is 3.89. The number of hydrogen-bond acceptors (Lipinski definition) is 2. The maximum atomic E-state index is 11.4. The minimum atomic E-state index is -0.849. The summed E-state index contributed by atoms with van der Waals surface area (Å²) in [5, 5.41) is 9.36. The predicted octanol–water partition coefficient (Wildman–Crippen LogP) is 3.30. The molecular formula is C16H25NO2. The van der Waals surface area contributed by atoms with Crippen LogP contribution in [0.25, 0.3) is 0 Å². The third-order valence-electron chi connectivity index (χ3n) is 3.89. The van der Waals surface area contributed by atoms with Crippen LogP contribution in [0.2, 0.25) is 0 Å². The van der Waals surface area contributed by atoms with Gasteiger partial charge in [-0.2, -0.15) is 0 Å². The summed E-state index contributed by atoms with van der Waals surface area (Å²) in [6.45, 7) is 13.2. The van der Waals surface area contributed by atoms with Crippen molar-refractivity contribution in [3.05, 3.63) is 34.4 Å². The number of carboxylic acids is 1. The molecule has 0 fully saturated rings. The zero-order chi connectivity index (χ0) is 14.8. The monoisotopic (exact) mass is 263 g/mol. The van der Waals surface area contributed by atoms with Crippen molar-refractivity contribution >= 4 is 5.97 Å². The Kier molecular flexibility index (Phi) is 4.75. The van der Waals surface area contributed by atoms with Crippen LogP contribution in [0, 0.1) is 20.8 Å². The van der Waals surface area contributed by atoms with Gasteiger partial charge in [-0.3, -0.25) is 9.69 Å². The van der Waals surface area contributed by atoms with Crippen LogP contribution in [0.15, 0.2) is 12.1 Å². The van der Waals surface area contributed by atoms with Gasteiger partial charge in [0.15, 0.2) is 0 Å². The molecule has 19 heavy (non-hydrogen) atoms. The topological polar surface area (TPSA) is 40.5 Å². The Morgan fingerprint density at radius 2 is 1.68 bits per heavy atom. The highest BCUT2D eigenvalue weighted by molar-refractivity contribution is 5.77. The van der Waals surface area contributed by atoms with Gasteiger partial charge in [0, 0.05) is 6.54 Å². The van der Waals surface area contributed by atoms with Crippen LogP contribution < -0.4 is 0 Å². The lowest BCUT2D eigenvalue weighted by Gasteiger charge is -2.35. The van der Waals surface area contributed by atoms with E-state index in [1.807, 2.05) is 11.8 Å². The van der Waals surface area contributed by atoms with Crippen LogP contribution in [0.3, 0.4) is 0 Å². The predicted molar refractivity (Wildman–Crippen MR) is 78.5 cm³/mol. The van der Waals surface area contributed by atoms with Gasteiger partial charge in [-0.1, -0.05) is 24.6 Å². The molecule has 106 valence electrons. The first-order valence-electron chi connectivity index (χ1n) is 6.75. The molecule has 0 aliphatic carbocycles. The zero-order valence-corrected chi connectivity index (χ0v) is 12.9. The van der Waals surface area contributed by atoms with Crippen LogP contribution in [-0.4, -0.2) is 28.1 Å². The summed E-state index contributed by atoms with van der Waals surface area (Å²) in [5.74, 6) is -0.781. The maximum Gasteiger partial charge on any atom is 0.323 e. The third kappa shape index (κ3) is 3.35. The molecule has 0 amide bonds. The number of carboxylic acid groups (broad SMARTS) is 1. The molecule has 1 aromatic carbocycles. The Morgan fingerprint density at radius 1 is 1.21 bits per heavy atom. The van der Waals surface area contributed by atoms with E-state index in [-0.39, 0.29) is 0 Å². The Bertz CT molecular complexity index is 455. The summed E-state index contributed by atoms with van der Waals surface area (Å²) in [6, 6.07) is 4.31. The highest BCUT2D eigenvalue weighted by atomic mass is 16.4. The van der Waals surface area contributed by atoms with Crippen molar-refractivity contribution in [3.63, 3.8) is 0 Å². The van der Waals surface area contributed by atoms with Crippen molar-refractivity contribution < 1.29 is 9.90 Å². The number of nitrogens with zero attached hydrogens (tertiary/aromatic N) is 1. The fourth-order valence-corrected chi connectivity index (χ4v) is 2.49. The summed E-state index contributed by atoms with van der Waals surface area (Å²) >= 11 is 0. The number of rotatable bonds is 5. The maximum absolute atomic E-state index is 11.4. The van der Waals surface area contributed by atoms with E-state index in [0.717, 1.165) is 0 Å². The first-order chi connectivity index (χ1) is 8.70. The molecule has 1 rings (SSSR count). The minimum absolute atomic E-state index is 0.674. The molecule has 0 bridgehead atoms. The van der Waals surface area contributed by atoms with Crippen molar-refractivity contribution in [2.75, 3.05) is 6.54 Å². The van der Waals surface area contributed by atoms with Crippen molar-refractivity contribution in [3.8, 4) is 0 Å². The Hall–Kier alpha value is -1.35. The number of hydrogen-bond donors (Lipinski definition) is 1. The normalized spacial score (nSPS) is 11.9. The van der Waals surface area contributed by atoms with Crippen LogP contribution in [0.5, 0.6) is 0 Å². The number of aliphatic carboxylic acids is 1. The number of benzene rings is 1. The molecule has 0 aromatic heterocycles. The van der Waals surface area contributed by atoms with Crippen molar-refractivity contribution in [1.82, 2.24) is 4.90 Å². The summed E-state index contributed by atoms with van der Waals surface area (Å²) in [4.78, 5) is 13.4. The second kappa shape index (κ2) is 5.74. The highest BCUT2D eigenvalue weighted by Crippen LogP contribution is 2.23. The van der Waals surface area contributed by atoms with Crippen LogP contribution >= 0.6 is 0 Å². The Balaban J connectivity index is 3.10. The van der Waals surface area contributed by atoms with E-state index in [0.29, 0.717) is 13.1 Å². The largest absolute Gasteiger partial charge is 0.480 e. The molecule has 0 saturated heterocycles. The van der Waals surface area contributed by atoms with Crippen molar-refractivity contribution in [2.24, 2.45) is 0 Å². The summed E-state index contributed by atoms with van der Waals surface area (Å²) in [7, 11) is 0. The average Bonchev–Trinajstić information content (AvgIpc) is 2.27. The zero-order valence-electron chi connectivity index (χ0n) is 12.9. The number of carbonyl (C=O) groups is 1. The Morgan fingerprint density at radius 3 is 2.05 bits per heavy atom. The van der Waals surface area contributed by atoms with Crippen molar-refractivity contribution in [2.45, 2.75) is 53.6 Å². The van der Waals surface area contributed by atoms with E-state index in [4.69, 9.17) is 0 Å². The standard InChI is InChI=1S/C16H25NO2/c1-7-17(16(5,6)15(18)19)10-14-12(3)8-11(2)9-13(14)4/h8-9H,7,10H2,1-6H3,(H,18,19). The Labute approximate surface area is 116 Å². The van der Waals surface area contributed by atoms with Gasteiger partial charge in [0.1, 0.15) is 5.54 Å². The molecule has 0 atom stereocenters. The van der Waals surface area contributed by atoms with Gasteiger partial charge < -0.3 is 5.11 Å².